The molecule has 0 N–H and O–H groups in total. The van der Waals surface area contributed by atoms with Gasteiger partial charge in [-0.1, -0.05) is 222 Å². The van der Waals surface area contributed by atoms with Crippen LogP contribution in [0.3, 0.4) is 0 Å². The van der Waals surface area contributed by atoms with E-state index in [1.54, 1.807) is 0 Å². The second-order valence-electron chi connectivity index (χ2n) is 20.0. The largest absolute Gasteiger partial charge is 0.310 e. The average Bonchev–Trinajstić information content (AvgIpc) is 3.92. The van der Waals surface area contributed by atoms with E-state index in [1.807, 2.05) is 0 Å². The molecule has 324 valence electrons. The minimum atomic E-state index is -0.520. The summed E-state index contributed by atoms with van der Waals surface area (Å²) in [6.07, 6.45) is 0. The van der Waals surface area contributed by atoms with Crippen molar-refractivity contribution in [2.75, 3.05) is 4.90 Å². The molecule has 0 atom stereocenters. The van der Waals surface area contributed by atoms with E-state index in [2.05, 4.69) is 269 Å². The third-order valence-corrected chi connectivity index (χ3v) is 15.7. The predicted molar refractivity (Wildman–Crippen MR) is 284 cm³/mol. The van der Waals surface area contributed by atoms with E-state index in [1.165, 1.54) is 100 Å². The van der Waals surface area contributed by atoms with Crippen molar-refractivity contribution in [2.45, 2.75) is 43.9 Å². The highest BCUT2D eigenvalue weighted by atomic mass is 15.1. The SMILES string of the molecule is CC1(C)c2ccccc2-c2ccc(-c3ccc(N(c4cccc(-c5cccc6c5C(C)(C)c5ccccc5-6)c4)c4ccc5c(c4)C(c4ccccc4)(c4ccccc4)c4ccccc4-5)cc3)cc21. The maximum absolute atomic E-state index is 2.48. The maximum atomic E-state index is 2.48. The topological polar surface area (TPSA) is 3.24 Å². The van der Waals surface area contributed by atoms with Gasteiger partial charge in [-0.25, -0.2) is 0 Å². The van der Waals surface area contributed by atoms with Crippen molar-refractivity contribution in [3.63, 3.8) is 0 Å². The second kappa shape index (κ2) is 15.0. The van der Waals surface area contributed by atoms with E-state index >= 15 is 0 Å². The molecule has 1 nitrogen and oxygen atoms in total. The molecule has 0 saturated heterocycles. The number of fused-ring (bicyclic) bond motifs is 9. The van der Waals surface area contributed by atoms with Crippen LogP contribution in [0, 0.1) is 0 Å². The van der Waals surface area contributed by atoms with Gasteiger partial charge in [0.2, 0.25) is 0 Å². The monoisotopic (exact) mass is 869 g/mol. The van der Waals surface area contributed by atoms with Crippen LogP contribution in [0.4, 0.5) is 17.1 Å². The quantitative estimate of drug-likeness (QED) is 0.154. The first kappa shape index (κ1) is 40.3. The molecule has 0 amide bonds. The fourth-order valence-electron chi connectivity index (χ4n) is 12.6. The highest BCUT2D eigenvalue weighted by molar-refractivity contribution is 5.92. The molecule has 68 heavy (non-hydrogen) atoms. The van der Waals surface area contributed by atoms with Gasteiger partial charge in [-0.05, 0) is 143 Å². The third kappa shape index (κ3) is 5.75. The normalized spacial score (nSPS) is 14.8. The first-order valence-electron chi connectivity index (χ1n) is 24.1. The van der Waals surface area contributed by atoms with Crippen LogP contribution < -0.4 is 4.90 Å². The van der Waals surface area contributed by atoms with Gasteiger partial charge in [-0.2, -0.15) is 0 Å². The Kier molecular flexibility index (Phi) is 8.89. The molecule has 0 saturated carbocycles. The minimum absolute atomic E-state index is 0.0669. The zero-order valence-electron chi connectivity index (χ0n) is 39.0. The lowest BCUT2D eigenvalue weighted by Gasteiger charge is -2.35. The Morgan fingerprint density at radius 3 is 1.43 bits per heavy atom. The standard InChI is InChI=1S/C67H51N/c1-65(2)59-30-14-11-25-53(59)56-39-35-45(42-62(56)65)44-33-36-49(37-34-44)68(50-24-17-19-46(41-50)52-28-18-29-58-55-27-12-15-31-60(55)66(3,4)64(52)58)51-38-40-57-54-26-13-16-32-61(54)67(63(57)43-51,47-20-7-5-8-21-47)48-22-9-6-10-23-48/h5-43H,1-4H3. The van der Waals surface area contributed by atoms with Crippen LogP contribution in [0.5, 0.6) is 0 Å². The number of benzene rings is 10. The number of hydrogen-bond acceptors (Lipinski definition) is 1. The van der Waals surface area contributed by atoms with Gasteiger partial charge in [0.1, 0.15) is 0 Å². The first-order valence-corrected chi connectivity index (χ1v) is 24.1. The molecular formula is C67H51N. The summed E-state index contributed by atoms with van der Waals surface area (Å²) >= 11 is 0. The highest BCUT2D eigenvalue weighted by Crippen LogP contribution is 2.58. The highest BCUT2D eigenvalue weighted by Gasteiger charge is 2.46. The smallest absolute Gasteiger partial charge is 0.0714 e. The molecule has 13 rings (SSSR count). The summed E-state index contributed by atoms with van der Waals surface area (Å²) in [5.74, 6) is 0. The number of anilines is 3. The van der Waals surface area contributed by atoms with E-state index in [0.29, 0.717) is 0 Å². The van der Waals surface area contributed by atoms with Crippen LogP contribution in [0.1, 0.15) is 72.2 Å². The van der Waals surface area contributed by atoms with Crippen molar-refractivity contribution in [1.82, 2.24) is 0 Å². The summed E-state index contributed by atoms with van der Waals surface area (Å²) < 4.78 is 0. The first-order chi connectivity index (χ1) is 33.2. The number of hydrogen-bond donors (Lipinski definition) is 0. The van der Waals surface area contributed by atoms with Crippen LogP contribution in [0.15, 0.2) is 237 Å². The molecule has 0 bridgehead atoms. The van der Waals surface area contributed by atoms with Crippen LogP contribution in [-0.4, -0.2) is 0 Å². The van der Waals surface area contributed by atoms with Crippen molar-refractivity contribution < 1.29 is 0 Å². The Morgan fingerprint density at radius 2 is 0.735 bits per heavy atom. The van der Waals surface area contributed by atoms with Crippen LogP contribution in [-0.2, 0) is 16.2 Å². The van der Waals surface area contributed by atoms with E-state index < -0.39 is 5.41 Å². The molecule has 3 aliphatic carbocycles. The van der Waals surface area contributed by atoms with Gasteiger partial charge < -0.3 is 4.90 Å². The molecule has 0 spiro atoms. The molecule has 10 aromatic rings. The lowest BCUT2D eigenvalue weighted by Crippen LogP contribution is -2.28. The van der Waals surface area contributed by atoms with Gasteiger partial charge in [-0.3, -0.25) is 0 Å². The minimum Gasteiger partial charge on any atom is -0.310 e. The van der Waals surface area contributed by atoms with Crippen LogP contribution in [0.2, 0.25) is 0 Å². The number of rotatable bonds is 7. The summed E-state index contributed by atoms with van der Waals surface area (Å²) in [6.45, 7) is 9.49. The predicted octanol–water partition coefficient (Wildman–Crippen LogP) is 17.5. The van der Waals surface area contributed by atoms with Gasteiger partial charge >= 0.3 is 0 Å². The summed E-state index contributed by atoms with van der Waals surface area (Å²) in [5.41, 5.74) is 26.1. The second-order valence-corrected chi connectivity index (χ2v) is 20.0. The molecule has 0 fully saturated rings. The zero-order valence-corrected chi connectivity index (χ0v) is 39.0. The van der Waals surface area contributed by atoms with Crippen molar-refractivity contribution in [3.8, 4) is 55.6 Å². The Bertz CT molecular complexity index is 3570. The van der Waals surface area contributed by atoms with Crippen molar-refractivity contribution in [1.29, 1.82) is 0 Å². The molecular weight excluding hydrogens is 819 g/mol. The molecule has 10 aromatic carbocycles. The fraction of sp³-hybridized carbons (Fsp3) is 0.104. The summed E-state index contributed by atoms with van der Waals surface area (Å²) in [4.78, 5) is 2.47. The van der Waals surface area contributed by atoms with Gasteiger partial charge in [-0.15, -0.1) is 0 Å². The number of nitrogens with zero attached hydrogens (tertiary/aromatic N) is 1. The Hall–Kier alpha value is -8.00. The van der Waals surface area contributed by atoms with E-state index in [0.717, 1.165) is 17.1 Å². The molecule has 0 heterocycles. The average molecular weight is 870 g/mol. The third-order valence-electron chi connectivity index (χ3n) is 15.7. The Balaban J connectivity index is 0.996. The van der Waals surface area contributed by atoms with Gasteiger partial charge in [0.25, 0.3) is 0 Å². The summed E-state index contributed by atoms with van der Waals surface area (Å²) in [7, 11) is 0. The molecule has 0 aromatic heterocycles. The fourth-order valence-corrected chi connectivity index (χ4v) is 12.6. The summed E-state index contributed by atoms with van der Waals surface area (Å²) in [5, 5.41) is 0. The van der Waals surface area contributed by atoms with E-state index in [9.17, 15) is 0 Å². The van der Waals surface area contributed by atoms with Crippen LogP contribution in [0.25, 0.3) is 55.6 Å². The lowest BCUT2D eigenvalue weighted by molar-refractivity contribution is 0.660. The van der Waals surface area contributed by atoms with Crippen molar-refractivity contribution >= 4 is 17.1 Å². The van der Waals surface area contributed by atoms with Crippen molar-refractivity contribution in [2.24, 2.45) is 0 Å². The van der Waals surface area contributed by atoms with E-state index in [4.69, 9.17) is 0 Å². The molecule has 0 radical (unpaired) electrons. The Labute approximate surface area is 400 Å². The molecule has 1 heteroatoms. The molecule has 0 unspecified atom stereocenters. The van der Waals surface area contributed by atoms with Gasteiger partial charge in [0.05, 0.1) is 5.41 Å². The van der Waals surface area contributed by atoms with Crippen molar-refractivity contribution in [3.05, 3.63) is 281 Å². The zero-order chi connectivity index (χ0) is 45.8. The van der Waals surface area contributed by atoms with Gasteiger partial charge in [0, 0.05) is 27.9 Å². The molecule has 3 aliphatic rings. The van der Waals surface area contributed by atoms with Crippen LogP contribution >= 0.6 is 0 Å². The van der Waals surface area contributed by atoms with Gasteiger partial charge in [0.15, 0.2) is 0 Å². The van der Waals surface area contributed by atoms with E-state index in [-0.39, 0.29) is 10.8 Å². The maximum Gasteiger partial charge on any atom is 0.0714 e. The lowest BCUT2D eigenvalue weighted by atomic mass is 9.67. The summed E-state index contributed by atoms with van der Waals surface area (Å²) in [6, 6.07) is 88.7. The molecule has 0 aliphatic heterocycles. The Morgan fingerprint density at radius 1 is 0.265 bits per heavy atom.